The van der Waals surface area contributed by atoms with Gasteiger partial charge >= 0.3 is 0 Å². The molecule has 0 saturated carbocycles. The number of piperidine rings is 1. The largest absolute Gasteiger partial charge is 0.355 e. The van der Waals surface area contributed by atoms with Gasteiger partial charge in [-0.15, -0.1) is 0 Å². The summed E-state index contributed by atoms with van der Waals surface area (Å²) in [5.74, 6) is -0.0258. The van der Waals surface area contributed by atoms with E-state index in [0.717, 1.165) is 11.1 Å². The third-order valence-corrected chi connectivity index (χ3v) is 4.88. The highest BCUT2D eigenvalue weighted by molar-refractivity contribution is 7.89. The maximum absolute atomic E-state index is 12.3. The molecule has 0 aromatic heterocycles. The van der Waals surface area contributed by atoms with Crippen molar-refractivity contribution >= 4 is 15.9 Å². The third kappa shape index (κ3) is 3.33. The van der Waals surface area contributed by atoms with Gasteiger partial charge in [-0.2, -0.15) is 0 Å². The van der Waals surface area contributed by atoms with Crippen LogP contribution in [-0.2, 0) is 14.8 Å². The second-order valence-corrected chi connectivity index (χ2v) is 6.61. The molecule has 1 fully saturated rings. The number of sulfonamides is 1. The van der Waals surface area contributed by atoms with Gasteiger partial charge in [-0.25, -0.2) is 13.1 Å². The van der Waals surface area contributed by atoms with Crippen LogP contribution < -0.4 is 10.0 Å². The number of carbonyl (C=O) groups is 1. The Kier molecular flexibility index (Phi) is 3.91. The van der Waals surface area contributed by atoms with E-state index in [1.807, 2.05) is 13.0 Å². The van der Waals surface area contributed by atoms with E-state index in [1.54, 1.807) is 19.1 Å². The van der Waals surface area contributed by atoms with Crippen molar-refractivity contribution in [3.05, 3.63) is 29.3 Å². The first-order valence-electron chi connectivity index (χ1n) is 6.25. The molecule has 2 N–H and O–H groups in total. The number of amides is 1. The molecule has 5 nitrogen and oxygen atoms in total. The quantitative estimate of drug-likeness (QED) is 0.863. The van der Waals surface area contributed by atoms with Gasteiger partial charge in [0.25, 0.3) is 0 Å². The molecule has 1 unspecified atom stereocenters. The zero-order valence-corrected chi connectivity index (χ0v) is 11.9. The van der Waals surface area contributed by atoms with Gasteiger partial charge in [0, 0.05) is 19.0 Å². The normalized spacial score (nSPS) is 20.1. The van der Waals surface area contributed by atoms with Gasteiger partial charge < -0.3 is 5.32 Å². The summed E-state index contributed by atoms with van der Waals surface area (Å²) in [7, 11) is -3.53. The lowest BCUT2D eigenvalue weighted by Gasteiger charge is -2.23. The fraction of sp³-hybridized carbons (Fsp3) is 0.462. The summed E-state index contributed by atoms with van der Waals surface area (Å²) in [5, 5.41) is 2.67. The Bertz CT molecular complexity index is 586. The highest BCUT2D eigenvalue weighted by Gasteiger charge is 2.25. The number of hydrogen-bond donors (Lipinski definition) is 2. The lowest BCUT2D eigenvalue weighted by atomic mass is 10.1. The van der Waals surface area contributed by atoms with Gasteiger partial charge in [-0.3, -0.25) is 4.79 Å². The molecule has 6 heteroatoms. The fourth-order valence-electron chi connectivity index (χ4n) is 2.11. The maximum atomic E-state index is 12.3. The van der Waals surface area contributed by atoms with Crippen molar-refractivity contribution in [3.8, 4) is 0 Å². The van der Waals surface area contributed by atoms with Crippen molar-refractivity contribution in [1.29, 1.82) is 0 Å². The van der Waals surface area contributed by atoms with Crippen LogP contribution in [0.5, 0.6) is 0 Å². The van der Waals surface area contributed by atoms with E-state index in [1.165, 1.54) is 0 Å². The molecular formula is C13H18N2O3S. The maximum Gasteiger partial charge on any atom is 0.241 e. The van der Waals surface area contributed by atoms with Gasteiger partial charge in [-0.05, 0) is 37.5 Å². The minimum atomic E-state index is -3.53. The summed E-state index contributed by atoms with van der Waals surface area (Å²) in [5.41, 5.74) is 1.63. The zero-order valence-electron chi connectivity index (χ0n) is 11.1. The van der Waals surface area contributed by atoms with Crippen LogP contribution in [0.2, 0.25) is 0 Å². The Hall–Kier alpha value is -1.40. The summed E-state index contributed by atoms with van der Waals surface area (Å²) in [6, 6.07) is 5.11. The van der Waals surface area contributed by atoms with Gasteiger partial charge in [0.1, 0.15) is 0 Å². The molecule has 1 aromatic carbocycles. The zero-order chi connectivity index (χ0) is 14.0. The minimum Gasteiger partial charge on any atom is -0.355 e. The summed E-state index contributed by atoms with van der Waals surface area (Å²) in [6.07, 6.45) is 0.899. The Balaban J connectivity index is 2.18. The Morgan fingerprint density at radius 2 is 2.05 bits per heavy atom. The van der Waals surface area contributed by atoms with Crippen LogP contribution in [0.3, 0.4) is 0 Å². The molecular weight excluding hydrogens is 264 g/mol. The van der Waals surface area contributed by atoms with Crippen LogP contribution in [0.15, 0.2) is 23.1 Å². The summed E-state index contributed by atoms with van der Waals surface area (Å²) in [4.78, 5) is 11.4. The van der Waals surface area contributed by atoms with E-state index >= 15 is 0 Å². The van der Waals surface area contributed by atoms with Crippen molar-refractivity contribution in [2.45, 2.75) is 37.6 Å². The van der Waals surface area contributed by atoms with Crippen LogP contribution >= 0.6 is 0 Å². The first-order chi connectivity index (χ1) is 8.88. The standard InChI is InChI=1S/C13H18N2O3S/c1-9-3-4-10(2)12(7-9)19(17,18)15-11-5-6-13(16)14-8-11/h3-4,7,11,15H,5-6,8H2,1-2H3,(H,14,16). The first kappa shape index (κ1) is 14.0. The van der Waals surface area contributed by atoms with Gasteiger partial charge in [0.15, 0.2) is 0 Å². The topological polar surface area (TPSA) is 75.3 Å². The van der Waals surface area contributed by atoms with Crippen molar-refractivity contribution in [2.24, 2.45) is 0 Å². The Morgan fingerprint density at radius 1 is 1.32 bits per heavy atom. The SMILES string of the molecule is Cc1ccc(C)c(S(=O)(=O)NC2CCC(=O)NC2)c1. The van der Waals surface area contributed by atoms with E-state index in [2.05, 4.69) is 10.0 Å². The minimum absolute atomic E-state index is 0.0258. The highest BCUT2D eigenvalue weighted by atomic mass is 32.2. The monoisotopic (exact) mass is 282 g/mol. The molecule has 1 aromatic rings. The lowest BCUT2D eigenvalue weighted by molar-refractivity contribution is -0.122. The van der Waals surface area contributed by atoms with Crippen LogP contribution in [0, 0.1) is 13.8 Å². The van der Waals surface area contributed by atoms with Crippen molar-refractivity contribution in [3.63, 3.8) is 0 Å². The Labute approximate surface area is 113 Å². The molecule has 1 heterocycles. The predicted octanol–water partition coefficient (Wildman–Crippen LogP) is 0.860. The van der Waals surface area contributed by atoms with E-state index in [0.29, 0.717) is 24.3 Å². The predicted molar refractivity (Wildman–Crippen MR) is 72.3 cm³/mol. The average molecular weight is 282 g/mol. The molecule has 0 bridgehead atoms. The van der Waals surface area contributed by atoms with Crippen molar-refractivity contribution in [2.75, 3.05) is 6.54 Å². The van der Waals surface area contributed by atoms with Crippen LogP contribution in [0.25, 0.3) is 0 Å². The average Bonchev–Trinajstić information content (AvgIpc) is 2.35. The molecule has 0 radical (unpaired) electrons. The van der Waals surface area contributed by atoms with Gasteiger partial charge in [0.05, 0.1) is 4.90 Å². The molecule has 1 aliphatic heterocycles. The van der Waals surface area contributed by atoms with Gasteiger partial charge in [0.2, 0.25) is 15.9 Å². The second-order valence-electron chi connectivity index (χ2n) is 4.93. The summed E-state index contributed by atoms with van der Waals surface area (Å²) in [6.45, 7) is 3.98. The smallest absolute Gasteiger partial charge is 0.241 e. The molecule has 0 aliphatic carbocycles. The van der Waals surface area contributed by atoms with E-state index in [9.17, 15) is 13.2 Å². The number of nitrogens with one attached hydrogen (secondary N) is 2. The molecule has 0 spiro atoms. The third-order valence-electron chi connectivity index (χ3n) is 3.22. The molecule has 104 valence electrons. The number of benzene rings is 1. The van der Waals surface area contributed by atoms with Crippen molar-refractivity contribution in [1.82, 2.24) is 10.0 Å². The Morgan fingerprint density at radius 3 is 2.68 bits per heavy atom. The van der Waals surface area contributed by atoms with Crippen LogP contribution in [0.4, 0.5) is 0 Å². The van der Waals surface area contributed by atoms with E-state index < -0.39 is 10.0 Å². The van der Waals surface area contributed by atoms with E-state index in [-0.39, 0.29) is 11.9 Å². The van der Waals surface area contributed by atoms with E-state index in [4.69, 9.17) is 0 Å². The van der Waals surface area contributed by atoms with Crippen LogP contribution in [0.1, 0.15) is 24.0 Å². The fourth-order valence-corrected chi connectivity index (χ4v) is 3.71. The summed E-state index contributed by atoms with van der Waals surface area (Å²) >= 11 is 0. The van der Waals surface area contributed by atoms with Gasteiger partial charge in [-0.1, -0.05) is 12.1 Å². The molecule has 2 rings (SSSR count). The molecule has 1 aliphatic rings. The molecule has 1 saturated heterocycles. The molecule has 1 amide bonds. The van der Waals surface area contributed by atoms with Crippen LogP contribution in [-0.4, -0.2) is 26.9 Å². The lowest BCUT2D eigenvalue weighted by Crippen LogP contribution is -2.47. The summed E-state index contributed by atoms with van der Waals surface area (Å²) < 4.78 is 27.3. The van der Waals surface area contributed by atoms with Crippen molar-refractivity contribution < 1.29 is 13.2 Å². The number of hydrogen-bond acceptors (Lipinski definition) is 3. The number of aryl methyl sites for hydroxylation is 2. The molecule has 19 heavy (non-hydrogen) atoms. The number of rotatable bonds is 3. The second kappa shape index (κ2) is 5.30. The first-order valence-corrected chi connectivity index (χ1v) is 7.73. The number of carbonyl (C=O) groups excluding carboxylic acids is 1. The molecule has 1 atom stereocenters. The highest BCUT2D eigenvalue weighted by Crippen LogP contribution is 2.18.